The fraction of sp³-hybridized carbons (Fsp3) is 0.889. The molecule has 1 aliphatic rings. The molecular weight excluding hydrogens is 232 g/mol. The van der Waals surface area contributed by atoms with Crippen molar-refractivity contribution in [3.05, 3.63) is 0 Å². The summed E-state index contributed by atoms with van der Waals surface area (Å²) in [5.41, 5.74) is 0. The molecule has 0 amide bonds. The Kier molecular flexibility index (Phi) is 3.92. The van der Waals surface area contributed by atoms with Crippen molar-refractivity contribution in [2.75, 3.05) is 26.4 Å². The molecule has 0 bridgehead atoms. The van der Waals surface area contributed by atoms with Crippen LogP contribution in [-0.4, -0.2) is 67.2 Å². The summed E-state index contributed by atoms with van der Waals surface area (Å²) in [6.45, 7) is 2.64. The lowest BCUT2D eigenvalue weighted by Crippen LogP contribution is -2.57. The summed E-state index contributed by atoms with van der Waals surface area (Å²) in [7, 11) is -1.43. The first-order chi connectivity index (χ1) is 7.21. The minimum atomic E-state index is -3.25. The first-order valence-electron chi connectivity index (χ1n) is 5.10. The number of aliphatic carboxylic acids is 1. The highest BCUT2D eigenvalue weighted by atomic mass is 32.2. The number of hydrogen-bond donors (Lipinski definition) is 1. The summed E-state index contributed by atoms with van der Waals surface area (Å²) in [5.74, 6) is -0.903. The van der Waals surface area contributed by atoms with Crippen LogP contribution in [0.2, 0.25) is 0 Å². The van der Waals surface area contributed by atoms with Gasteiger partial charge in [0.15, 0.2) is 0 Å². The molecule has 0 spiro atoms. The number of piperazine rings is 1. The Balaban J connectivity index is 2.80. The van der Waals surface area contributed by atoms with Crippen LogP contribution in [-0.2, 0) is 14.8 Å². The minimum Gasteiger partial charge on any atom is -0.481 e. The highest BCUT2D eigenvalue weighted by molar-refractivity contribution is 7.88. The van der Waals surface area contributed by atoms with Gasteiger partial charge in [0.2, 0.25) is 10.0 Å². The zero-order valence-corrected chi connectivity index (χ0v) is 10.6. The van der Waals surface area contributed by atoms with Gasteiger partial charge in [-0.3, -0.25) is 9.69 Å². The summed E-state index contributed by atoms with van der Waals surface area (Å²) >= 11 is 0. The lowest BCUT2D eigenvalue weighted by atomic mass is 10.1. The van der Waals surface area contributed by atoms with E-state index in [0.717, 1.165) is 6.26 Å². The summed E-state index contributed by atoms with van der Waals surface area (Å²) in [5, 5.41) is 8.74. The molecule has 6 nitrogen and oxygen atoms in total. The molecule has 1 rings (SSSR count). The van der Waals surface area contributed by atoms with E-state index in [-0.39, 0.29) is 25.0 Å². The number of carbonyl (C=O) groups is 1. The Hall–Kier alpha value is -0.660. The second kappa shape index (κ2) is 4.68. The Bertz CT molecular complexity index is 368. The molecule has 1 aliphatic heterocycles. The fourth-order valence-corrected chi connectivity index (χ4v) is 3.23. The predicted molar refractivity (Wildman–Crippen MR) is 59.7 cm³/mol. The normalized spacial score (nSPS) is 29.2. The number of nitrogens with zero attached hydrogens (tertiary/aromatic N) is 2. The van der Waals surface area contributed by atoms with Gasteiger partial charge < -0.3 is 5.11 Å². The number of rotatable bonds is 3. The van der Waals surface area contributed by atoms with E-state index in [1.807, 2.05) is 18.9 Å². The molecule has 0 aromatic heterocycles. The smallest absolute Gasteiger partial charge is 0.304 e. The second-order valence-electron chi connectivity index (χ2n) is 4.37. The molecule has 0 aromatic carbocycles. The van der Waals surface area contributed by atoms with Crippen LogP contribution in [0, 0.1) is 0 Å². The van der Waals surface area contributed by atoms with Gasteiger partial charge in [-0.25, -0.2) is 8.42 Å². The van der Waals surface area contributed by atoms with E-state index < -0.39 is 16.0 Å². The maximum Gasteiger partial charge on any atom is 0.304 e. The first kappa shape index (κ1) is 13.4. The van der Waals surface area contributed by atoms with Gasteiger partial charge in [-0.05, 0) is 14.0 Å². The van der Waals surface area contributed by atoms with Crippen molar-refractivity contribution in [1.29, 1.82) is 0 Å². The molecule has 0 unspecified atom stereocenters. The molecule has 0 radical (unpaired) electrons. The van der Waals surface area contributed by atoms with Crippen LogP contribution in [0.1, 0.15) is 13.3 Å². The van der Waals surface area contributed by atoms with Crippen LogP contribution in [0.5, 0.6) is 0 Å². The summed E-state index contributed by atoms with van der Waals surface area (Å²) < 4.78 is 24.4. The molecule has 0 aliphatic carbocycles. The molecule has 1 N–H and O–H groups in total. The molecule has 94 valence electrons. The van der Waals surface area contributed by atoms with Crippen molar-refractivity contribution >= 4 is 16.0 Å². The van der Waals surface area contributed by atoms with Gasteiger partial charge in [0.05, 0.1) is 12.7 Å². The van der Waals surface area contributed by atoms with Crippen molar-refractivity contribution < 1.29 is 18.3 Å². The maximum absolute atomic E-state index is 11.5. The molecule has 2 atom stereocenters. The van der Waals surface area contributed by atoms with Crippen LogP contribution in [0.25, 0.3) is 0 Å². The summed E-state index contributed by atoms with van der Waals surface area (Å²) in [6, 6.07) is -0.353. The van der Waals surface area contributed by atoms with Crippen molar-refractivity contribution in [2.45, 2.75) is 25.4 Å². The molecule has 1 saturated heterocycles. The molecule has 1 fully saturated rings. The van der Waals surface area contributed by atoms with E-state index >= 15 is 0 Å². The van der Waals surface area contributed by atoms with Crippen LogP contribution < -0.4 is 0 Å². The van der Waals surface area contributed by atoms with Gasteiger partial charge in [-0.1, -0.05) is 0 Å². The van der Waals surface area contributed by atoms with Crippen LogP contribution >= 0.6 is 0 Å². The zero-order chi connectivity index (χ0) is 12.5. The quantitative estimate of drug-likeness (QED) is 0.725. The highest BCUT2D eigenvalue weighted by Crippen LogP contribution is 2.18. The number of likely N-dealkylation sites (N-methyl/N-ethyl adjacent to an activating group) is 1. The SMILES string of the molecule is C[C@@H]1CN(C)[C@H](CC(=O)O)CN1S(C)(=O)=O. The second-order valence-corrected chi connectivity index (χ2v) is 6.31. The third-order valence-corrected chi connectivity index (χ3v) is 4.26. The fourth-order valence-electron chi connectivity index (χ4n) is 2.07. The first-order valence-corrected chi connectivity index (χ1v) is 6.95. The van der Waals surface area contributed by atoms with E-state index in [0.29, 0.717) is 6.54 Å². The van der Waals surface area contributed by atoms with Gasteiger partial charge in [0.1, 0.15) is 0 Å². The third-order valence-electron chi connectivity index (χ3n) is 2.89. The van der Waals surface area contributed by atoms with E-state index in [1.54, 1.807) is 0 Å². The van der Waals surface area contributed by atoms with Crippen molar-refractivity contribution in [3.8, 4) is 0 Å². The Morgan fingerprint density at radius 1 is 1.44 bits per heavy atom. The highest BCUT2D eigenvalue weighted by Gasteiger charge is 2.35. The number of hydrogen-bond acceptors (Lipinski definition) is 4. The Labute approximate surface area is 95.9 Å². The molecule has 0 aromatic rings. The van der Waals surface area contributed by atoms with E-state index in [9.17, 15) is 13.2 Å². The van der Waals surface area contributed by atoms with Crippen molar-refractivity contribution in [2.24, 2.45) is 0 Å². The average molecular weight is 250 g/mol. The number of carboxylic acid groups (broad SMARTS) is 1. The molecule has 1 heterocycles. The van der Waals surface area contributed by atoms with Crippen molar-refractivity contribution in [1.82, 2.24) is 9.21 Å². The lowest BCUT2D eigenvalue weighted by molar-refractivity contribution is -0.138. The van der Waals surface area contributed by atoms with Gasteiger partial charge in [0.25, 0.3) is 0 Å². The standard InChI is InChI=1S/C9H18N2O4S/c1-7-5-10(2)8(4-9(12)13)6-11(7)16(3,14)15/h7-8H,4-6H2,1-3H3,(H,12,13)/t7-,8-/m1/s1. The predicted octanol–water partition coefficient (Wildman–Crippen LogP) is -0.575. The zero-order valence-electron chi connectivity index (χ0n) is 9.75. The van der Waals surface area contributed by atoms with Gasteiger partial charge in [-0.2, -0.15) is 4.31 Å². The van der Waals surface area contributed by atoms with Crippen LogP contribution in [0.4, 0.5) is 0 Å². The average Bonchev–Trinajstić information content (AvgIpc) is 2.06. The lowest BCUT2D eigenvalue weighted by Gasteiger charge is -2.41. The number of sulfonamides is 1. The molecule has 16 heavy (non-hydrogen) atoms. The van der Waals surface area contributed by atoms with Crippen molar-refractivity contribution in [3.63, 3.8) is 0 Å². The van der Waals surface area contributed by atoms with Gasteiger partial charge in [0, 0.05) is 25.2 Å². The number of carboxylic acids is 1. The maximum atomic E-state index is 11.5. The summed E-state index contributed by atoms with van der Waals surface area (Å²) in [4.78, 5) is 12.6. The minimum absolute atomic E-state index is 0.0325. The molecular formula is C9H18N2O4S. The van der Waals surface area contributed by atoms with Crippen LogP contribution in [0.3, 0.4) is 0 Å². The Morgan fingerprint density at radius 3 is 2.44 bits per heavy atom. The molecule has 0 saturated carbocycles. The topological polar surface area (TPSA) is 77.9 Å². The third kappa shape index (κ3) is 3.16. The molecule has 7 heteroatoms. The van der Waals surface area contributed by atoms with Crippen LogP contribution in [0.15, 0.2) is 0 Å². The monoisotopic (exact) mass is 250 g/mol. The van der Waals surface area contributed by atoms with Gasteiger partial charge in [-0.15, -0.1) is 0 Å². The van der Waals surface area contributed by atoms with Gasteiger partial charge >= 0.3 is 5.97 Å². The Morgan fingerprint density at radius 2 is 2.00 bits per heavy atom. The van der Waals surface area contributed by atoms with E-state index in [2.05, 4.69) is 0 Å². The summed E-state index contributed by atoms with van der Waals surface area (Å²) in [6.07, 6.45) is 1.13. The van der Waals surface area contributed by atoms with E-state index in [4.69, 9.17) is 5.11 Å². The van der Waals surface area contributed by atoms with E-state index in [1.165, 1.54) is 4.31 Å². The largest absolute Gasteiger partial charge is 0.481 e.